The van der Waals surface area contributed by atoms with Gasteiger partial charge in [0.15, 0.2) is 0 Å². The minimum Gasteiger partial charge on any atom is -0.355 e. The molecule has 0 unspecified atom stereocenters. The molecule has 0 spiro atoms. The smallest absolute Gasteiger partial charge is 0.251 e. The molecule has 1 fully saturated rings. The van der Waals surface area contributed by atoms with Crippen LogP contribution in [0, 0.1) is 0 Å². The Bertz CT molecular complexity index is 694. The second-order valence-corrected chi connectivity index (χ2v) is 7.59. The van der Waals surface area contributed by atoms with E-state index in [1.54, 1.807) is 0 Å². The molecule has 0 aliphatic carbocycles. The Morgan fingerprint density at radius 1 is 1.16 bits per heavy atom. The Labute approximate surface area is 154 Å². The Balaban J connectivity index is 1.68. The third-order valence-electron chi connectivity index (χ3n) is 4.55. The maximum absolute atomic E-state index is 12.2. The summed E-state index contributed by atoms with van der Waals surface area (Å²) >= 11 is 2.00. The molecule has 1 aromatic carbocycles. The SMILES string of the molecule is CC[C@@H](C)NC(=O)c1ccc(-c2ccc(N3CCSCC3)nc2)cc1. The van der Waals surface area contributed by atoms with Gasteiger partial charge >= 0.3 is 0 Å². The van der Waals surface area contributed by atoms with Gasteiger partial charge in [-0.1, -0.05) is 19.1 Å². The molecule has 132 valence electrons. The number of nitrogens with one attached hydrogen (secondary N) is 1. The van der Waals surface area contributed by atoms with Gasteiger partial charge in [0, 0.05) is 48.0 Å². The van der Waals surface area contributed by atoms with Crippen LogP contribution in [0.25, 0.3) is 11.1 Å². The highest BCUT2D eigenvalue weighted by Gasteiger charge is 2.12. The highest BCUT2D eigenvalue weighted by atomic mass is 32.2. The van der Waals surface area contributed by atoms with Gasteiger partial charge in [0.2, 0.25) is 0 Å². The number of pyridine rings is 1. The molecule has 1 saturated heterocycles. The second-order valence-electron chi connectivity index (χ2n) is 6.36. The van der Waals surface area contributed by atoms with Crippen molar-refractivity contribution in [1.82, 2.24) is 10.3 Å². The first-order valence-corrected chi connectivity index (χ1v) is 10.0. The molecule has 1 aliphatic heterocycles. The summed E-state index contributed by atoms with van der Waals surface area (Å²) in [5.74, 6) is 3.37. The van der Waals surface area contributed by atoms with Crippen LogP contribution in [-0.2, 0) is 0 Å². The van der Waals surface area contributed by atoms with Crippen molar-refractivity contribution in [2.24, 2.45) is 0 Å². The molecule has 0 radical (unpaired) electrons. The number of aromatic nitrogens is 1. The number of rotatable bonds is 5. The number of anilines is 1. The normalized spacial score (nSPS) is 15.7. The molecule has 1 atom stereocenters. The molecular formula is C20H25N3OS. The summed E-state index contributed by atoms with van der Waals surface area (Å²) in [6, 6.07) is 12.1. The van der Waals surface area contributed by atoms with Gasteiger partial charge in [-0.15, -0.1) is 0 Å². The van der Waals surface area contributed by atoms with E-state index in [1.807, 2.05) is 49.1 Å². The van der Waals surface area contributed by atoms with Crippen LogP contribution < -0.4 is 10.2 Å². The lowest BCUT2D eigenvalue weighted by molar-refractivity contribution is 0.0939. The number of nitrogens with zero attached hydrogens (tertiary/aromatic N) is 2. The standard InChI is InChI=1S/C20H25N3OS/c1-3-15(2)22-20(24)17-6-4-16(5-7-17)18-8-9-19(21-14-18)23-10-12-25-13-11-23/h4-9,14-15H,3,10-13H2,1-2H3,(H,22,24)/t15-/m1/s1. The third kappa shape index (κ3) is 4.54. The van der Waals surface area contributed by atoms with Gasteiger partial charge in [-0.3, -0.25) is 4.79 Å². The highest BCUT2D eigenvalue weighted by molar-refractivity contribution is 7.99. The monoisotopic (exact) mass is 355 g/mol. The fourth-order valence-electron chi connectivity index (χ4n) is 2.76. The van der Waals surface area contributed by atoms with E-state index in [-0.39, 0.29) is 11.9 Å². The summed E-state index contributed by atoms with van der Waals surface area (Å²) in [6.07, 6.45) is 2.85. The highest BCUT2D eigenvalue weighted by Crippen LogP contribution is 2.23. The summed E-state index contributed by atoms with van der Waals surface area (Å²) in [5, 5.41) is 2.99. The van der Waals surface area contributed by atoms with Crippen molar-refractivity contribution in [3.05, 3.63) is 48.2 Å². The van der Waals surface area contributed by atoms with Crippen molar-refractivity contribution < 1.29 is 4.79 Å². The fourth-order valence-corrected chi connectivity index (χ4v) is 3.66. The Morgan fingerprint density at radius 3 is 2.44 bits per heavy atom. The van der Waals surface area contributed by atoms with E-state index in [9.17, 15) is 4.79 Å². The van der Waals surface area contributed by atoms with E-state index in [4.69, 9.17) is 0 Å². The Hall–Kier alpha value is -2.01. The number of benzene rings is 1. The molecule has 2 aromatic rings. The lowest BCUT2D eigenvalue weighted by Gasteiger charge is -2.27. The maximum Gasteiger partial charge on any atom is 0.251 e. The van der Waals surface area contributed by atoms with Gasteiger partial charge < -0.3 is 10.2 Å². The molecule has 1 N–H and O–H groups in total. The quantitative estimate of drug-likeness (QED) is 0.885. The number of carbonyl (C=O) groups excluding carboxylic acids is 1. The predicted molar refractivity (Wildman–Crippen MR) is 106 cm³/mol. The van der Waals surface area contributed by atoms with Crippen LogP contribution in [0.15, 0.2) is 42.6 Å². The van der Waals surface area contributed by atoms with Crippen molar-refractivity contribution >= 4 is 23.5 Å². The van der Waals surface area contributed by atoms with Crippen LogP contribution in [0.5, 0.6) is 0 Å². The van der Waals surface area contributed by atoms with Crippen molar-refractivity contribution in [2.75, 3.05) is 29.5 Å². The maximum atomic E-state index is 12.2. The van der Waals surface area contributed by atoms with E-state index < -0.39 is 0 Å². The molecular weight excluding hydrogens is 330 g/mol. The van der Waals surface area contributed by atoms with Gasteiger partial charge in [0.1, 0.15) is 5.82 Å². The van der Waals surface area contributed by atoms with Gasteiger partial charge in [-0.05, 0) is 43.2 Å². The lowest BCUT2D eigenvalue weighted by Crippen LogP contribution is -2.32. The van der Waals surface area contributed by atoms with E-state index in [2.05, 4.69) is 34.3 Å². The number of amides is 1. The summed E-state index contributed by atoms with van der Waals surface area (Å²) in [5.41, 5.74) is 2.84. The molecule has 1 amide bonds. The largest absolute Gasteiger partial charge is 0.355 e. The minimum atomic E-state index is -0.0164. The molecule has 0 saturated carbocycles. The molecule has 3 rings (SSSR count). The van der Waals surface area contributed by atoms with Crippen LogP contribution >= 0.6 is 11.8 Å². The average molecular weight is 356 g/mol. The molecule has 1 aromatic heterocycles. The van der Waals surface area contributed by atoms with E-state index in [0.717, 1.165) is 36.5 Å². The van der Waals surface area contributed by atoms with Crippen LogP contribution in [0.2, 0.25) is 0 Å². The number of carbonyl (C=O) groups is 1. The summed E-state index contributed by atoms with van der Waals surface area (Å²) < 4.78 is 0. The van der Waals surface area contributed by atoms with Crippen LogP contribution in [0.1, 0.15) is 30.6 Å². The summed E-state index contributed by atoms with van der Waals surface area (Å²) in [7, 11) is 0. The van der Waals surface area contributed by atoms with Crippen LogP contribution in [0.3, 0.4) is 0 Å². The first-order valence-electron chi connectivity index (χ1n) is 8.87. The van der Waals surface area contributed by atoms with Crippen molar-refractivity contribution in [2.45, 2.75) is 26.3 Å². The number of thioether (sulfide) groups is 1. The van der Waals surface area contributed by atoms with Crippen molar-refractivity contribution in [3.8, 4) is 11.1 Å². The van der Waals surface area contributed by atoms with Gasteiger partial charge in [-0.2, -0.15) is 11.8 Å². The minimum absolute atomic E-state index is 0.0164. The fraction of sp³-hybridized carbons (Fsp3) is 0.400. The van der Waals surface area contributed by atoms with E-state index >= 15 is 0 Å². The van der Waals surface area contributed by atoms with E-state index in [1.165, 1.54) is 11.5 Å². The predicted octanol–water partition coefficient (Wildman–Crippen LogP) is 3.83. The van der Waals surface area contributed by atoms with Crippen molar-refractivity contribution in [1.29, 1.82) is 0 Å². The number of hydrogen-bond acceptors (Lipinski definition) is 4. The molecule has 0 bridgehead atoms. The molecule has 4 nitrogen and oxygen atoms in total. The van der Waals surface area contributed by atoms with Crippen molar-refractivity contribution in [3.63, 3.8) is 0 Å². The van der Waals surface area contributed by atoms with Gasteiger partial charge in [0.25, 0.3) is 5.91 Å². The summed E-state index contributed by atoms with van der Waals surface area (Å²) in [4.78, 5) is 19.1. The second kappa shape index (κ2) is 8.39. The zero-order valence-corrected chi connectivity index (χ0v) is 15.7. The molecule has 25 heavy (non-hydrogen) atoms. The van der Waals surface area contributed by atoms with Crippen LogP contribution in [0.4, 0.5) is 5.82 Å². The number of hydrogen-bond donors (Lipinski definition) is 1. The van der Waals surface area contributed by atoms with Gasteiger partial charge in [-0.25, -0.2) is 4.98 Å². The topological polar surface area (TPSA) is 45.2 Å². The lowest BCUT2D eigenvalue weighted by atomic mass is 10.0. The Kier molecular flexibility index (Phi) is 5.97. The molecule has 2 heterocycles. The molecule has 1 aliphatic rings. The molecule has 5 heteroatoms. The summed E-state index contributed by atoms with van der Waals surface area (Å²) in [6.45, 7) is 6.21. The first-order chi connectivity index (χ1) is 12.2. The van der Waals surface area contributed by atoms with Gasteiger partial charge in [0.05, 0.1) is 0 Å². The van der Waals surface area contributed by atoms with Crippen LogP contribution in [-0.4, -0.2) is 41.5 Å². The zero-order valence-electron chi connectivity index (χ0n) is 14.9. The first kappa shape index (κ1) is 17.8. The average Bonchev–Trinajstić information content (AvgIpc) is 2.69. The zero-order chi connectivity index (χ0) is 17.6. The third-order valence-corrected chi connectivity index (χ3v) is 5.50. The van der Waals surface area contributed by atoms with E-state index in [0.29, 0.717) is 5.56 Å². The Morgan fingerprint density at radius 2 is 1.84 bits per heavy atom.